The van der Waals surface area contributed by atoms with Crippen LogP contribution in [0.5, 0.6) is 0 Å². The normalized spacial score (nSPS) is 12.5. The highest BCUT2D eigenvalue weighted by Gasteiger charge is 2.19. The quantitative estimate of drug-likeness (QED) is 0.0261. The Bertz CT molecular complexity index is 1390. The minimum Gasteiger partial charge on any atom is -0.462 e. The Morgan fingerprint density at radius 1 is 0.280 bits per heavy atom. The zero-order chi connectivity index (χ0) is 54.3. The molecule has 0 fully saturated rings. The molecule has 0 aliphatic rings. The predicted molar refractivity (Wildman–Crippen MR) is 325 cm³/mol. The standard InChI is InChI=1S/C69H122O6/c1-4-7-10-13-16-19-22-25-27-29-31-33-34-36-37-39-41-44-47-50-53-56-59-62-68(71)74-65-66(64-73-67(70)61-58-55-52-49-46-43-24-21-18-15-12-9-6-3)75-69(72)63-60-57-54-51-48-45-42-40-38-35-32-30-28-26-23-20-17-14-11-8-5-2/h8,11,17,20-21,24,26,28,32,35,40,42,66H,4-7,9-10,12-16,18-19,22-23,25,27,29-31,33-34,36-39,41,43-65H2,1-3H3/b11-8-,20-17-,24-21-,28-26-,35-32-,42-40-. The number of unbranched alkanes of at least 4 members (excludes halogenated alkanes) is 36. The van der Waals surface area contributed by atoms with Gasteiger partial charge >= 0.3 is 17.9 Å². The number of esters is 3. The van der Waals surface area contributed by atoms with Crippen molar-refractivity contribution in [3.63, 3.8) is 0 Å². The number of carbonyl (C=O) groups is 3. The SMILES string of the molecule is CC/C=C\C/C=C\C/C=C\C/C=C\C/C=C\CCCCCCCC(=O)OC(COC(=O)CCCCCCC/C=C\CCCCCC)COC(=O)CCCCCCCCCCCCCCCCCCCCCCCCC. The van der Waals surface area contributed by atoms with Crippen LogP contribution >= 0.6 is 0 Å². The average molecular weight is 1050 g/mol. The van der Waals surface area contributed by atoms with Crippen LogP contribution in [0.2, 0.25) is 0 Å². The molecular formula is C69H122O6. The largest absolute Gasteiger partial charge is 0.462 e. The van der Waals surface area contributed by atoms with Crippen molar-refractivity contribution in [2.45, 2.75) is 335 Å². The maximum Gasteiger partial charge on any atom is 0.306 e. The zero-order valence-electron chi connectivity index (χ0n) is 49.8. The summed E-state index contributed by atoms with van der Waals surface area (Å²) in [7, 11) is 0. The molecule has 0 heterocycles. The van der Waals surface area contributed by atoms with Crippen LogP contribution in [0.25, 0.3) is 0 Å². The van der Waals surface area contributed by atoms with Gasteiger partial charge in [-0.1, -0.05) is 293 Å². The van der Waals surface area contributed by atoms with Crippen LogP contribution in [-0.4, -0.2) is 37.2 Å². The summed E-state index contributed by atoms with van der Waals surface area (Å²) in [5, 5.41) is 0. The van der Waals surface area contributed by atoms with Gasteiger partial charge in [0.05, 0.1) is 0 Å². The highest BCUT2D eigenvalue weighted by molar-refractivity contribution is 5.71. The van der Waals surface area contributed by atoms with Crippen molar-refractivity contribution in [3.8, 4) is 0 Å². The van der Waals surface area contributed by atoms with E-state index >= 15 is 0 Å². The molecule has 0 amide bonds. The zero-order valence-corrected chi connectivity index (χ0v) is 49.8. The smallest absolute Gasteiger partial charge is 0.306 e. The van der Waals surface area contributed by atoms with Crippen molar-refractivity contribution in [2.24, 2.45) is 0 Å². The van der Waals surface area contributed by atoms with Gasteiger partial charge in [0.25, 0.3) is 0 Å². The molecule has 434 valence electrons. The number of ether oxygens (including phenoxy) is 3. The molecule has 1 unspecified atom stereocenters. The van der Waals surface area contributed by atoms with Crippen molar-refractivity contribution in [2.75, 3.05) is 13.2 Å². The molecule has 0 N–H and O–H groups in total. The summed E-state index contributed by atoms with van der Waals surface area (Å²) >= 11 is 0. The van der Waals surface area contributed by atoms with Gasteiger partial charge in [-0.05, 0) is 89.9 Å². The van der Waals surface area contributed by atoms with Gasteiger partial charge in [0, 0.05) is 19.3 Å². The third-order valence-corrected chi connectivity index (χ3v) is 14.2. The molecule has 0 aromatic carbocycles. The van der Waals surface area contributed by atoms with E-state index < -0.39 is 6.10 Å². The second kappa shape index (κ2) is 63.4. The van der Waals surface area contributed by atoms with Crippen LogP contribution in [-0.2, 0) is 28.6 Å². The summed E-state index contributed by atoms with van der Waals surface area (Å²) in [6.07, 6.45) is 82.0. The van der Waals surface area contributed by atoms with E-state index in [-0.39, 0.29) is 31.1 Å². The molecular weight excluding hydrogens is 925 g/mol. The van der Waals surface area contributed by atoms with Crippen LogP contribution in [0.15, 0.2) is 72.9 Å². The molecule has 0 radical (unpaired) electrons. The molecule has 1 atom stereocenters. The van der Waals surface area contributed by atoms with E-state index in [4.69, 9.17) is 14.2 Å². The molecule has 0 rings (SSSR count). The van der Waals surface area contributed by atoms with E-state index in [1.807, 2.05) is 0 Å². The molecule has 0 bridgehead atoms. The highest BCUT2D eigenvalue weighted by Crippen LogP contribution is 2.17. The highest BCUT2D eigenvalue weighted by atomic mass is 16.6. The Kier molecular flexibility index (Phi) is 60.7. The number of hydrogen-bond donors (Lipinski definition) is 0. The summed E-state index contributed by atoms with van der Waals surface area (Å²) in [6, 6.07) is 0. The van der Waals surface area contributed by atoms with Crippen molar-refractivity contribution in [1.29, 1.82) is 0 Å². The first-order valence-corrected chi connectivity index (χ1v) is 32.4. The molecule has 0 spiro atoms. The monoisotopic (exact) mass is 1050 g/mol. The summed E-state index contributed by atoms with van der Waals surface area (Å²) < 4.78 is 16.9. The van der Waals surface area contributed by atoms with Gasteiger partial charge in [0.1, 0.15) is 13.2 Å². The maximum atomic E-state index is 12.9. The topological polar surface area (TPSA) is 78.9 Å². The van der Waals surface area contributed by atoms with Gasteiger partial charge in [0.2, 0.25) is 0 Å². The van der Waals surface area contributed by atoms with E-state index in [0.29, 0.717) is 19.3 Å². The lowest BCUT2D eigenvalue weighted by atomic mass is 10.0. The Morgan fingerprint density at radius 3 is 0.840 bits per heavy atom. The molecule has 0 aliphatic carbocycles. The number of allylic oxidation sites excluding steroid dienone is 12. The van der Waals surface area contributed by atoms with E-state index in [1.165, 1.54) is 173 Å². The molecule has 0 saturated heterocycles. The lowest BCUT2D eigenvalue weighted by Gasteiger charge is -2.18. The third kappa shape index (κ3) is 61.6. The van der Waals surface area contributed by atoms with E-state index in [2.05, 4.69) is 93.7 Å². The summed E-state index contributed by atoms with van der Waals surface area (Å²) in [4.78, 5) is 38.3. The van der Waals surface area contributed by atoms with Gasteiger partial charge in [-0.15, -0.1) is 0 Å². The summed E-state index contributed by atoms with van der Waals surface area (Å²) in [6.45, 7) is 6.53. The van der Waals surface area contributed by atoms with Crippen molar-refractivity contribution < 1.29 is 28.6 Å². The fourth-order valence-electron chi connectivity index (χ4n) is 9.35. The van der Waals surface area contributed by atoms with Crippen molar-refractivity contribution >= 4 is 17.9 Å². The average Bonchev–Trinajstić information content (AvgIpc) is 3.41. The van der Waals surface area contributed by atoms with E-state index in [1.54, 1.807) is 0 Å². The van der Waals surface area contributed by atoms with Gasteiger partial charge in [-0.3, -0.25) is 14.4 Å². The number of rotatable bonds is 59. The Hall–Kier alpha value is -3.15. The van der Waals surface area contributed by atoms with Crippen molar-refractivity contribution in [3.05, 3.63) is 72.9 Å². The Morgan fingerprint density at radius 2 is 0.520 bits per heavy atom. The first-order chi connectivity index (χ1) is 37.0. The lowest BCUT2D eigenvalue weighted by molar-refractivity contribution is -0.167. The molecule has 0 aromatic rings. The second-order valence-electron chi connectivity index (χ2n) is 21.6. The molecule has 0 aliphatic heterocycles. The third-order valence-electron chi connectivity index (χ3n) is 14.2. The number of carbonyl (C=O) groups excluding carboxylic acids is 3. The maximum absolute atomic E-state index is 12.9. The molecule has 75 heavy (non-hydrogen) atoms. The minimum atomic E-state index is -0.789. The number of hydrogen-bond acceptors (Lipinski definition) is 6. The van der Waals surface area contributed by atoms with E-state index in [0.717, 1.165) is 116 Å². The van der Waals surface area contributed by atoms with Gasteiger partial charge in [-0.25, -0.2) is 0 Å². The Labute approximate surface area is 465 Å². The molecule has 6 nitrogen and oxygen atoms in total. The molecule has 0 aromatic heterocycles. The second-order valence-corrected chi connectivity index (χ2v) is 21.6. The van der Waals surface area contributed by atoms with Gasteiger partial charge < -0.3 is 14.2 Å². The first kappa shape index (κ1) is 71.8. The predicted octanol–water partition coefficient (Wildman–Crippen LogP) is 22.1. The fourth-order valence-corrected chi connectivity index (χ4v) is 9.35. The molecule has 6 heteroatoms. The van der Waals surface area contributed by atoms with Crippen LogP contribution in [0.1, 0.15) is 329 Å². The van der Waals surface area contributed by atoms with Crippen LogP contribution < -0.4 is 0 Å². The lowest BCUT2D eigenvalue weighted by Crippen LogP contribution is -2.30. The van der Waals surface area contributed by atoms with Crippen LogP contribution in [0.4, 0.5) is 0 Å². The van der Waals surface area contributed by atoms with Crippen molar-refractivity contribution in [1.82, 2.24) is 0 Å². The van der Waals surface area contributed by atoms with Crippen LogP contribution in [0.3, 0.4) is 0 Å². The van der Waals surface area contributed by atoms with Gasteiger partial charge in [0.15, 0.2) is 6.10 Å². The Balaban J connectivity index is 4.33. The molecule has 0 saturated carbocycles. The summed E-state index contributed by atoms with van der Waals surface area (Å²) in [5.74, 6) is -0.895. The minimum absolute atomic E-state index is 0.0831. The first-order valence-electron chi connectivity index (χ1n) is 32.4. The van der Waals surface area contributed by atoms with E-state index in [9.17, 15) is 14.4 Å². The van der Waals surface area contributed by atoms with Gasteiger partial charge in [-0.2, -0.15) is 0 Å². The fraction of sp³-hybridized carbons (Fsp3) is 0.783. The summed E-state index contributed by atoms with van der Waals surface area (Å²) in [5.41, 5.74) is 0. The van der Waals surface area contributed by atoms with Crippen LogP contribution in [0, 0.1) is 0 Å².